The van der Waals surface area contributed by atoms with Crippen molar-refractivity contribution in [2.45, 2.75) is 26.7 Å². The zero-order chi connectivity index (χ0) is 14.5. The number of para-hydroxylation sites is 1. The topological polar surface area (TPSA) is 65.1 Å². The molecule has 0 saturated heterocycles. The molecular weight excluding hydrogens is 252 g/mol. The average molecular weight is 274 g/mol. The molecule has 2 rings (SSSR count). The number of fused-ring (bicyclic) bond motifs is 1. The monoisotopic (exact) mass is 274 g/mol. The lowest BCUT2D eigenvalue weighted by Gasteiger charge is -2.08. The molecule has 4 nitrogen and oxygen atoms in total. The van der Waals surface area contributed by atoms with Gasteiger partial charge in [0.1, 0.15) is 0 Å². The number of carbonyl (C=O) groups is 1. The van der Waals surface area contributed by atoms with Crippen LogP contribution in [0.15, 0.2) is 24.3 Å². The van der Waals surface area contributed by atoms with Gasteiger partial charge in [-0.1, -0.05) is 25.1 Å². The third-order valence-corrected chi connectivity index (χ3v) is 3.59. The summed E-state index contributed by atoms with van der Waals surface area (Å²) in [6, 6.07) is 7.83. The van der Waals surface area contributed by atoms with E-state index in [9.17, 15) is 4.79 Å². The number of aryl methyl sites for hydroxylation is 1. The summed E-state index contributed by atoms with van der Waals surface area (Å²) >= 11 is 0. The number of aromatic nitrogens is 1. The van der Waals surface area contributed by atoms with Gasteiger partial charge in [-0.3, -0.25) is 4.79 Å². The number of hydrogen-bond donors (Lipinski definition) is 3. The van der Waals surface area contributed by atoms with Gasteiger partial charge < -0.3 is 15.4 Å². The Bertz CT molecular complexity index is 589. The van der Waals surface area contributed by atoms with Crippen LogP contribution in [0, 0.1) is 12.8 Å². The molecule has 1 aromatic heterocycles. The average Bonchev–Trinajstić information content (AvgIpc) is 2.78. The second-order valence-electron chi connectivity index (χ2n) is 5.36. The van der Waals surface area contributed by atoms with E-state index in [0.29, 0.717) is 12.5 Å². The molecule has 1 aromatic carbocycles. The highest BCUT2D eigenvalue weighted by Gasteiger charge is 2.15. The molecule has 1 amide bonds. The van der Waals surface area contributed by atoms with Crippen LogP contribution in [0.25, 0.3) is 10.9 Å². The van der Waals surface area contributed by atoms with E-state index >= 15 is 0 Å². The van der Waals surface area contributed by atoms with Crippen LogP contribution in [0.1, 0.15) is 35.8 Å². The normalized spacial score (nSPS) is 12.6. The number of aromatic amines is 1. The largest absolute Gasteiger partial charge is 0.396 e. The minimum Gasteiger partial charge on any atom is -0.396 e. The Balaban J connectivity index is 1.99. The van der Waals surface area contributed by atoms with E-state index in [4.69, 9.17) is 5.11 Å². The van der Waals surface area contributed by atoms with Gasteiger partial charge in [0.05, 0.1) is 5.56 Å². The maximum Gasteiger partial charge on any atom is 0.253 e. The third-order valence-electron chi connectivity index (χ3n) is 3.59. The van der Waals surface area contributed by atoms with Gasteiger partial charge in [-0.15, -0.1) is 0 Å². The summed E-state index contributed by atoms with van der Waals surface area (Å²) in [5.74, 6) is 0.262. The van der Waals surface area contributed by atoms with Crippen LogP contribution in [0.5, 0.6) is 0 Å². The van der Waals surface area contributed by atoms with Crippen LogP contribution < -0.4 is 5.32 Å². The lowest BCUT2D eigenvalue weighted by Crippen LogP contribution is -2.25. The van der Waals surface area contributed by atoms with E-state index in [0.717, 1.165) is 35.0 Å². The number of hydrogen-bond acceptors (Lipinski definition) is 2. The molecule has 0 saturated carbocycles. The van der Waals surface area contributed by atoms with Gasteiger partial charge in [0.25, 0.3) is 5.91 Å². The van der Waals surface area contributed by atoms with Crippen molar-refractivity contribution in [1.82, 2.24) is 10.3 Å². The van der Waals surface area contributed by atoms with Crippen LogP contribution in [0.4, 0.5) is 0 Å². The van der Waals surface area contributed by atoms with Gasteiger partial charge in [0.2, 0.25) is 0 Å². The second-order valence-corrected chi connectivity index (χ2v) is 5.36. The summed E-state index contributed by atoms with van der Waals surface area (Å²) in [4.78, 5) is 15.5. The van der Waals surface area contributed by atoms with E-state index in [1.54, 1.807) is 0 Å². The first-order valence-corrected chi connectivity index (χ1v) is 7.10. The summed E-state index contributed by atoms with van der Waals surface area (Å²) in [6.07, 6.45) is 1.80. The number of rotatable bonds is 6. The molecule has 0 aliphatic rings. The Labute approximate surface area is 119 Å². The van der Waals surface area contributed by atoms with Crippen molar-refractivity contribution >= 4 is 16.8 Å². The highest BCUT2D eigenvalue weighted by molar-refractivity contribution is 6.08. The molecule has 0 fully saturated rings. The maximum atomic E-state index is 12.3. The van der Waals surface area contributed by atoms with Crippen LogP contribution in [0.3, 0.4) is 0 Å². The fourth-order valence-corrected chi connectivity index (χ4v) is 2.40. The van der Waals surface area contributed by atoms with Crippen molar-refractivity contribution < 1.29 is 9.90 Å². The first kappa shape index (κ1) is 14.6. The van der Waals surface area contributed by atoms with Crippen molar-refractivity contribution in [2.24, 2.45) is 5.92 Å². The van der Waals surface area contributed by atoms with Gasteiger partial charge in [-0.05, 0) is 31.7 Å². The lowest BCUT2D eigenvalue weighted by molar-refractivity contribution is 0.0953. The Morgan fingerprint density at radius 2 is 2.15 bits per heavy atom. The molecule has 0 bridgehead atoms. The number of carbonyl (C=O) groups excluding carboxylic acids is 1. The highest BCUT2D eigenvalue weighted by atomic mass is 16.3. The summed E-state index contributed by atoms with van der Waals surface area (Å²) < 4.78 is 0. The molecular formula is C16H22N2O2. The standard InChI is InChI=1S/C16H22N2O2/c1-11(10-19)6-5-9-17-16(20)15-12(2)18-14-8-4-3-7-13(14)15/h3-4,7-8,11,18-19H,5-6,9-10H2,1-2H3,(H,17,20). The number of aliphatic hydroxyl groups is 1. The Morgan fingerprint density at radius 1 is 1.40 bits per heavy atom. The summed E-state index contributed by atoms with van der Waals surface area (Å²) in [5.41, 5.74) is 2.62. The van der Waals surface area contributed by atoms with E-state index in [2.05, 4.69) is 10.3 Å². The molecule has 4 heteroatoms. The summed E-state index contributed by atoms with van der Waals surface area (Å²) in [5, 5.41) is 12.9. The number of H-pyrrole nitrogens is 1. The van der Waals surface area contributed by atoms with Crippen LogP contribution in [-0.4, -0.2) is 29.1 Å². The van der Waals surface area contributed by atoms with Gasteiger partial charge in [-0.25, -0.2) is 0 Å². The first-order chi connectivity index (χ1) is 9.63. The number of amides is 1. The third kappa shape index (κ3) is 3.20. The predicted octanol–water partition coefficient (Wildman–Crippen LogP) is 2.61. The van der Waals surface area contributed by atoms with Crippen molar-refractivity contribution in [3.8, 4) is 0 Å². The molecule has 0 aliphatic carbocycles. The quantitative estimate of drug-likeness (QED) is 0.709. The van der Waals surface area contributed by atoms with Crippen molar-refractivity contribution in [2.75, 3.05) is 13.2 Å². The van der Waals surface area contributed by atoms with Gasteiger partial charge in [0.15, 0.2) is 0 Å². The summed E-state index contributed by atoms with van der Waals surface area (Å²) in [7, 11) is 0. The molecule has 0 aliphatic heterocycles. The minimum atomic E-state index is -0.0309. The molecule has 1 heterocycles. The zero-order valence-corrected chi connectivity index (χ0v) is 12.1. The van der Waals surface area contributed by atoms with Crippen LogP contribution in [-0.2, 0) is 0 Å². The first-order valence-electron chi connectivity index (χ1n) is 7.10. The zero-order valence-electron chi connectivity index (χ0n) is 12.1. The van der Waals surface area contributed by atoms with Gasteiger partial charge in [-0.2, -0.15) is 0 Å². The molecule has 0 radical (unpaired) electrons. The van der Waals surface area contributed by atoms with E-state index in [-0.39, 0.29) is 12.5 Å². The Kier molecular flexibility index (Phi) is 4.79. The number of benzene rings is 1. The van der Waals surface area contributed by atoms with Gasteiger partial charge >= 0.3 is 0 Å². The molecule has 108 valence electrons. The second kappa shape index (κ2) is 6.57. The van der Waals surface area contributed by atoms with E-state index in [1.165, 1.54) is 0 Å². The lowest BCUT2D eigenvalue weighted by atomic mass is 10.1. The fourth-order valence-electron chi connectivity index (χ4n) is 2.40. The SMILES string of the molecule is Cc1[nH]c2ccccc2c1C(=O)NCCCC(C)CO. The maximum absolute atomic E-state index is 12.3. The Morgan fingerprint density at radius 3 is 2.90 bits per heavy atom. The van der Waals surface area contributed by atoms with E-state index in [1.807, 2.05) is 38.1 Å². The molecule has 3 N–H and O–H groups in total. The molecule has 1 atom stereocenters. The van der Waals surface area contributed by atoms with Crippen LogP contribution >= 0.6 is 0 Å². The van der Waals surface area contributed by atoms with Crippen molar-refractivity contribution in [1.29, 1.82) is 0 Å². The number of aliphatic hydroxyl groups excluding tert-OH is 1. The minimum absolute atomic E-state index is 0.0309. The predicted molar refractivity (Wildman–Crippen MR) is 80.9 cm³/mol. The fraction of sp³-hybridized carbons (Fsp3) is 0.438. The van der Waals surface area contributed by atoms with Crippen molar-refractivity contribution in [3.05, 3.63) is 35.5 Å². The molecule has 2 aromatic rings. The summed E-state index contributed by atoms with van der Waals surface area (Å²) in [6.45, 7) is 4.77. The number of nitrogens with one attached hydrogen (secondary N) is 2. The highest BCUT2D eigenvalue weighted by Crippen LogP contribution is 2.21. The van der Waals surface area contributed by atoms with E-state index < -0.39 is 0 Å². The molecule has 0 spiro atoms. The van der Waals surface area contributed by atoms with Crippen LogP contribution in [0.2, 0.25) is 0 Å². The smallest absolute Gasteiger partial charge is 0.253 e. The van der Waals surface area contributed by atoms with Gasteiger partial charge in [0, 0.05) is 29.7 Å². The van der Waals surface area contributed by atoms with Crippen molar-refractivity contribution in [3.63, 3.8) is 0 Å². The molecule has 1 unspecified atom stereocenters. The Hall–Kier alpha value is -1.81. The molecule has 20 heavy (non-hydrogen) atoms.